The normalized spacial score (nSPS) is 11.5. The van der Waals surface area contributed by atoms with Gasteiger partial charge in [0.05, 0.1) is 17.1 Å². The molecule has 2 heteroatoms. The summed E-state index contributed by atoms with van der Waals surface area (Å²) in [6.07, 6.45) is 5.64. The highest BCUT2D eigenvalue weighted by molar-refractivity contribution is 5.81. The van der Waals surface area contributed by atoms with Gasteiger partial charge in [0, 0.05) is 11.8 Å². The van der Waals surface area contributed by atoms with Crippen molar-refractivity contribution in [2.45, 2.75) is 27.7 Å². The molecule has 20 heavy (non-hydrogen) atoms. The molecule has 1 heterocycles. The summed E-state index contributed by atoms with van der Waals surface area (Å²) < 4.78 is 0. The molecule has 2 nitrogen and oxygen atoms in total. The lowest BCUT2D eigenvalue weighted by Crippen LogP contribution is -1.98. The molecule has 1 aromatic carbocycles. The number of aromatic nitrogens is 2. The first-order valence-electron chi connectivity index (χ1n) is 6.76. The largest absolute Gasteiger partial charge is 0.252 e. The average Bonchev–Trinajstić information content (AvgIpc) is 2.40. The molecule has 0 aliphatic heterocycles. The third kappa shape index (κ3) is 2.85. The summed E-state index contributed by atoms with van der Waals surface area (Å²) >= 11 is 0. The first kappa shape index (κ1) is 14.2. The minimum atomic E-state index is 0.887. The molecule has 2 rings (SSSR count). The Hall–Kier alpha value is -2.22. The summed E-state index contributed by atoms with van der Waals surface area (Å²) in [7, 11) is 0. The van der Waals surface area contributed by atoms with Crippen molar-refractivity contribution in [2.24, 2.45) is 0 Å². The minimum absolute atomic E-state index is 0.887. The number of benzene rings is 1. The first-order valence-corrected chi connectivity index (χ1v) is 6.76. The van der Waals surface area contributed by atoms with Crippen molar-refractivity contribution in [1.82, 2.24) is 9.97 Å². The summed E-state index contributed by atoms with van der Waals surface area (Å²) in [5.41, 5.74) is 7.30. The Labute approximate surface area is 120 Å². The molecule has 0 saturated heterocycles. The molecule has 1 aromatic heterocycles. The fraction of sp³-hybridized carbons (Fsp3) is 0.222. The zero-order chi connectivity index (χ0) is 14.7. The molecule has 0 fully saturated rings. The Balaban J connectivity index is 2.71. The molecule has 0 aliphatic rings. The van der Waals surface area contributed by atoms with Crippen molar-refractivity contribution in [3.63, 3.8) is 0 Å². The zero-order valence-electron chi connectivity index (χ0n) is 12.6. The Bertz CT molecular complexity index is 662. The van der Waals surface area contributed by atoms with Gasteiger partial charge in [0.2, 0.25) is 0 Å². The lowest BCUT2D eigenvalue weighted by Gasteiger charge is -2.11. The molecule has 0 unspecified atom stereocenters. The predicted molar refractivity (Wildman–Crippen MR) is 85.5 cm³/mol. The summed E-state index contributed by atoms with van der Waals surface area (Å²) in [6.45, 7) is 12.0. The van der Waals surface area contributed by atoms with E-state index in [1.54, 1.807) is 6.20 Å². The number of hydrogen-bond acceptors (Lipinski definition) is 2. The van der Waals surface area contributed by atoms with Crippen LogP contribution in [0, 0.1) is 20.8 Å². The quantitative estimate of drug-likeness (QED) is 0.754. The Morgan fingerprint density at radius 3 is 2.30 bits per heavy atom. The number of rotatable bonds is 3. The van der Waals surface area contributed by atoms with E-state index >= 15 is 0 Å². The van der Waals surface area contributed by atoms with E-state index in [0.717, 1.165) is 28.2 Å². The van der Waals surface area contributed by atoms with Crippen LogP contribution in [0.2, 0.25) is 0 Å². The molecule has 0 atom stereocenters. The maximum Gasteiger partial charge on any atom is 0.0968 e. The van der Waals surface area contributed by atoms with E-state index in [1.807, 2.05) is 26.0 Å². The van der Waals surface area contributed by atoms with Crippen LogP contribution in [0.1, 0.15) is 29.4 Å². The van der Waals surface area contributed by atoms with E-state index in [9.17, 15) is 0 Å². The van der Waals surface area contributed by atoms with Gasteiger partial charge in [-0.15, -0.1) is 0 Å². The predicted octanol–water partition coefficient (Wildman–Crippen LogP) is 4.66. The summed E-state index contributed by atoms with van der Waals surface area (Å²) in [5, 5.41) is 0. The lowest BCUT2D eigenvalue weighted by atomic mass is 10.0. The van der Waals surface area contributed by atoms with Gasteiger partial charge < -0.3 is 0 Å². The van der Waals surface area contributed by atoms with Crippen molar-refractivity contribution in [3.05, 3.63) is 65.6 Å². The highest BCUT2D eigenvalue weighted by atomic mass is 14.8. The van der Waals surface area contributed by atoms with Crippen LogP contribution in [0.25, 0.3) is 16.8 Å². The number of hydrogen-bond donors (Lipinski definition) is 0. The molecule has 102 valence electrons. The summed E-state index contributed by atoms with van der Waals surface area (Å²) in [5.74, 6) is 0. The van der Waals surface area contributed by atoms with Gasteiger partial charge in [0.25, 0.3) is 0 Å². The SMILES string of the molecule is C=C/C(=C\C)c1ncc(C)nc1-c1cc(C)cc(C)c1. The monoisotopic (exact) mass is 264 g/mol. The second-order valence-corrected chi connectivity index (χ2v) is 5.03. The van der Waals surface area contributed by atoms with Gasteiger partial charge in [0.1, 0.15) is 0 Å². The van der Waals surface area contributed by atoms with Crippen LogP contribution >= 0.6 is 0 Å². The third-order valence-electron chi connectivity index (χ3n) is 3.19. The van der Waals surface area contributed by atoms with Gasteiger partial charge in [-0.1, -0.05) is 35.9 Å². The van der Waals surface area contributed by atoms with Crippen molar-refractivity contribution in [2.75, 3.05) is 0 Å². The standard InChI is InChI=1S/C18H20N2/c1-6-15(7-2)17-18(20-14(5)11-19-17)16-9-12(3)8-13(4)10-16/h6-11H,1H2,2-5H3/b15-7+. The van der Waals surface area contributed by atoms with Gasteiger partial charge in [-0.2, -0.15) is 0 Å². The molecular weight excluding hydrogens is 244 g/mol. The van der Waals surface area contributed by atoms with Crippen LogP contribution in [-0.2, 0) is 0 Å². The topological polar surface area (TPSA) is 25.8 Å². The summed E-state index contributed by atoms with van der Waals surface area (Å²) in [6, 6.07) is 6.46. The van der Waals surface area contributed by atoms with Gasteiger partial charge in [-0.3, -0.25) is 4.98 Å². The Morgan fingerprint density at radius 2 is 1.75 bits per heavy atom. The molecule has 0 bridgehead atoms. The average molecular weight is 264 g/mol. The number of allylic oxidation sites excluding steroid dienone is 3. The van der Waals surface area contributed by atoms with Crippen LogP contribution in [0.4, 0.5) is 0 Å². The van der Waals surface area contributed by atoms with Crippen molar-refractivity contribution >= 4 is 5.57 Å². The van der Waals surface area contributed by atoms with Crippen molar-refractivity contribution < 1.29 is 0 Å². The molecule has 2 aromatic rings. The highest BCUT2D eigenvalue weighted by Gasteiger charge is 2.12. The van der Waals surface area contributed by atoms with E-state index < -0.39 is 0 Å². The van der Waals surface area contributed by atoms with Crippen LogP contribution in [-0.4, -0.2) is 9.97 Å². The van der Waals surface area contributed by atoms with E-state index in [0.29, 0.717) is 0 Å². The number of nitrogens with zero attached hydrogens (tertiary/aromatic N) is 2. The second kappa shape index (κ2) is 5.83. The van der Waals surface area contributed by atoms with Crippen LogP contribution < -0.4 is 0 Å². The van der Waals surface area contributed by atoms with Gasteiger partial charge >= 0.3 is 0 Å². The highest BCUT2D eigenvalue weighted by Crippen LogP contribution is 2.27. The minimum Gasteiger partial charge on any atom is -0.252 e. The molecule has 0 radical (unpaired) electrons. The van der Waals surface area contributed by atoms with Crippen LogP contribution in [0.3, 0.4) is 0 Å². The molecule has 0 amide bonds. The van der Waals surface area contributed by atoms with E-state index in [2.05, 4.69) is 43.6 Å². The van der Waals surface area contributed by atoms with Crippen molar-refractivity contribution in [1.29, 1.82) is 0 Å². The van der Waals surface area contributed by atoms with Crippen LogP contribution in [0.5, 0.6) is 0 Å². The maximum atomic E-state index is 4.69. The molecule has 0 N–H and O–H groups in total. The van der Waals surface area contributed by atoms with Crippen molar-refractivity contribution in [3.8, 4) is 11.3 Å². The van der Waals surface area contributed by atoms with E-state index in [4.69, 9.17) is 4.98 Å². The fourth-order valence-corrected chi connectivity index (χ4v) is 2.35. The molecule has 0 aliphatic carbocycles. The molecule has 0 spiro atoms. The maximum absolute atomic E-state index is 4.69. The van der Waals surface area contributed by atoms with Gasteiger partial charge in [-0.05, 0) is 45.4 Å². The summed E-state index contributed by atoms with van der Waals surface area (Å²) in [4.78, 5) is 9.25. The third-order valence-corrected chi connectivity index (χ3v) is 3.19. The van der Waals surface area contributed by atoms with Crippen LogP contribution in [0.15, 0.2) is 43.1 Å². The van der Waals surface area contributed by atoms with E-state index in [-0.39, 0.29) is 0 Å². The molecular formula is C18H20N2. The Kier molecular flexibility index (Phi) is 4.14. The van der Waals surface area contributed by atoms with E-state index in [1.165, 1.54) is 11.1 Å². The first-order chi connectivity index (χ1) is 9.55. The number of aryl methyl sites for hydroxylation is 3. The smallest absolute Gasteiger partial charge is 0.0968 e. The van der Waals surface area contributed by atoms with Gasteiger partial charge in [-0.25, -0.2) is 4.98 Å². The van der Waals surface area contributed by atoms with Gasteiger partial charge in [0.15, 0.2) is 0 Å². The Morgan fingerprint density at radius 1 is 1.10 bits per heavy atom. The zero-order valence-corrected chi connectivity index (χ0v) is 12.6. The lowest BCUT2D eigenvalue weighted by molar-refractivity contribution is 1.10. The second-order valence-electron chi connectivity index (χ2n) is 5.03. The molecule has 0 saturated carbocycles. The fourth-order valence-electron chi connectivity index (χ4n) is 2.35.